The summed E-state index contributed by atoms with van der Waals surface area (Å²) >= 11 is 0. The first kappa shape index (κ1) is 20.4. The second-order valence-corrected chi connectivity index (χ2v) is 7.60. The SMILES string of the molecule is CS(=O)c1ccc(-c2cc(C(=O)CCCO[N+](=O)[O-])nn2-c2ccccc2)cc1. The number of carbonyl (C=O) groups is 1. The van der Waals surface area contributed by atoms with Crippen molar-refractivity contribution in [1.29, 1.82) is 0 Å². The molecule has 29 heavy (non-hydrogen) atoms. The van der Waals surface area contributed by atoms with Crippen LogP contribution in [0, 0.1) is 10.1 Å². The molecule has 0 bridgehead atoms. The fourth-order valence-corrected chi connectivity index (χ4v) is 3.33. The number of carbonyl (C=O) groups excluding carboxylic acids is 1. The first-order chi connectivity index (χ1) is 14.0. The van der Waals surface area contributed by atoms with Crippen LogP contribution in [0.5, 0.6) is 0 Å². The van der Waals surface area contributed by atoms with Crippen molar-refractivity contribution >= 4 is 16.6 Å². The molecule has 0 radical (unpaired) electrons. The van der Waals surface area contributed by atoms with Gasteiger partial charge in [0.2, 0.25) is 0 Å². The number of benzene rings is 2. The van der Waals surface area contributed by atoms with E-state index in [0.717, 1.165) is 16.9 Å². The summed E-state index contributed by atoms with van der Waals surface area (Å²) in [5, 5.41) is 13.8. The molecule has 0 fully saturated rings. The van der Waals surface area contributed by atoms with Gasteiger partial charge in [-0.2, -0.15) is 5.10 Å². The Morgan fingerprint density at radius 1 is 1.17 bits per heavy atom. The second kappa shape index (κ2) is 9.24. The van der Waals surface area contributed by atoms with Crippen molar-refractivity contribution in [3.05, 3.63) is 76.5 Å². The van der Waals surface area contributed by atoms with Crippen LogP contribution in [0.4, 0.5) is 0 Å². The summed E-state index contributed by atoms with van der Waals surface area (Å²) in [6, 6.07) is 18.3. The Kier molecular flexibility index (Phi) is 6.50. The molecule has 0 amide bonds. The lowest BCUT2D eigenvalue weighted by molar-refractivity contribution is -0.757. The van der Waals surface area contributed by atoms with Gasteiger partial charge < -0.3 is 4.84 Å². The standard InChI is InChI=1S/C20H19N3O5S/c1-29(27)17-11-9-15(10-12-17)19-14-18(20(24)8-5-13-28-23(25)26)21-22(19)16-6-3-2-4-7-16/h2-4,6-7,9-12,14H,5,8,13H2,1H3. The Morgan fingerprint density at radius 2 is 1.86 bits per heavy atom. The third-order valence-electron chi connectivity index (χ3n) is 4.22. The van der Waals surface area contributed by atoms with E-state index in [1.165, 1.54) is 0 Å². The van der Waals surface area contributed by atoms with Gasteiger partial charge in [0.05, 0.1) is 18.0 Å². The smallest absolute Gasteiger partial charge is 0.294 e. The van der Waals surface area contributed by atoms with E-state index in [1.807, 2.05) is 42.5 Å². The molecule has 0 aliphatic rings. The summed E-state index contributed by atoms with van der Waals surface area (Å²) < 4.78 is 13.3. The molecule has 8 nitrogen and oxygen atoms in total. The number of rotatable bonds is 9. The highest BCUT2D eigenvalue weighted by Crippen LogP contribution is 2.25. The maximum atomic E-state index is 12.5. The van der Waals surface area contributed by atoms with Crippen LogP contribution >= 0.6 is 0 Å². The highest BCUT2D eigenvalue weighted by molar-refractivity contribution is 7.84. The Balaban J connectivity index is 1.91. The molecule has 3 rings (SSSR count). The number of aromatic nitrogens is 2. The van der Waals surface area contributed by atoms with E-state index in [-0.39, 0.29) is 30.9 Å². The zero-order chi connectivity index (χ0) is 20.8. The van der Waals surface area contributed by atoms with Crippen LogP contribution in [0.3, 0.4) is 0 Å². The summed E-state index contributed by atoms with van der Waals surface area (Å²) in [6.45, 7) is -0.138. The number of nitrogens with zero attached hydrogens (tertiary/aromatic N) is 3. The van der Waals surface area contributed by atoms with Crippen LogP contribution in [0.15, 0.2) is 65.6 Å². The van der Waals surface area contributed by atoms with Gasteiger partial charge >= 0.3 is 0 Å². The average Bonchev–Trinajstić information content (AvgIpc) is 3.17. The first-order valence-corrected chi connectivity index (χ1v) is 10.4. The maximum absolute atomic E-state index is 12.5. The average molecular weight is 413 g/mol. The van der Waals surface area contributed by atoms with Crippen LogP contribution in [-0.2, 0) is 15.6 Å². The fourth-order valence-electron chi connectivity index (χ4n) is 2.81. The molecule has 0 aliphatic heterocycles. The minimum Gasteiger partial charge on any atom is -0.314 e. The van der Waals surface area contributed by atoms with Gasteiger partial charge in [-0.1, -0.05) is 30.3 Å². The molecule has 1 unspecified atom stereocenters. The third-order valence-corrected chi connectivity index (χ3v) is 5.16. The van der Waals surface area contributed by atoms with Gasteiger partial charge in [0.25, 0.3) is 5.09 Å². The van der Waals surface area contributed by atoms with Crippen LogP contribution in [0.2, 0.25) is 0 Å². The molecule has 0 N–H and O–H groups in total. The van der Waals surface area contributed by atoms with Gasteiger partial charge in [0, 0.05) is 33.9 Å². The lowest BCUT2D eigenvalue weighted by Gasteiger charge is -2.08. The number of Topliss-reactive ketones (excluding diaryl/α,β-unsaturated/α-hetero) is 1. The molecular formula is C20H19N3O5S. The summed E-state index contributed by atoms with van der Waals surface area (Å²) in [4.78, 5) is 27.7. The van der Waals surface area contributed by atoms with Crippen molar-refractivity contribution in [1.82, 2.24) is 9.78 Å². The molecular weight excluding hydrogens is 394 g/mol. The molecule has 1 atom stereocenters. The van der Waals surface area contributed by atoms with E-state index in [9.17, 15) is 19.1 Å². The summed E-state index contributed by atoms with van der Waals surface area (Å²) in [7, 11) is -1.08. The largest absolute Gasteiger partial charge is 0.314 e. The Bertz CT molecular complexity index is 1030. The molecule has 0 saturated carbocycles. The van der Waals surface area contributed by atoms with Crippen LogP contribution in [0.25, 0.3) is 16.9 Å². The first-order valence-electron chi connectivity index (χ1n) is 8.85. The molecule has 0 aliphatic carbocycles. The number of hydrogen-bond acceptors (Lipinski definition) is 6. The Morgan fingerprint density at radius 3 is 2.48 bits per heavy atom. The summed E-state index contributed by atoms with van der Waals surface area (Å²) in [6.07, 6.45) is 1.93. The molecule has 2 aromatic carbocycles. The Labute approximate surface area is 169 Å². The third kappa shape index (κ3) is 5.14. The lowest BCUT2D eigenvalue weighted by atomic mass is 10.1. The zero-order valence-electron chi connectivity index (χ0n) is 15.7. The van der Waals surface area contributed by atoms with Gasteiger partial charge in [-0.25, -0.2) is 4.68 Å². The van der Waals surface area contributed by atoms with E-state index in [0.29, 0.717) is 4.90 Å². The number of ketones is 1. The lowest BCUT2D eigenvalue weighted by Crippen LogP contribution is -2.07. The van der Waals surface area contributed by atoms with Crippen molar-refractivity contribution in [2.75, 3.05) is 12.9 Å². The summed E-state index contributed by atoms with van der Waals surface area (Å²) in [5.74, 6) is -0.223. The maximum Gasteiger partial charge on any atom is 0.294 e. The molecule has 9 heteroatoms. The highest BCUT2D eigenvalue weighted by Gasteiger charge is 2.17. The van der Waals surface area contributed by atoms with Gasteiger partial charge in [-0.05, 0) is 36.8 Å². The molecule has 0 saturated heterocycles. The van der Waals surface area contributed by atoms with E-state index >= 15 is 0 Å². The molecule has 3 aromatic rings. The van der Waals surface area contributed by atoms with Crippen LogP contribution < -0.4 is 0 Å². The molecule has 1 heterocycles. The van der Waals surface area contributed by atoms with Crippen LogP contribution in [0.1, 0.15) is 23.3 Å². The van der Waals surface area contributed by atoms with Gasteiger partial charge in [0.15, 0.2) is 5.78 Å². The highest BCUT2D eigenvalue weighted by atomic mass is 32.2. The molecule has 150 valence electrons. The van der Waals surface area contributed by atoms with Crippen molar-refractivity contribution in [2.45, 2.75) is 17.7 Å². The summed E-state index contributed by atoms with van der Waals surface area (Å²) in [5.41, 5.74) is 2.61. The van der Waals surface area contributed by atoms with Crippen molar-refractivity contribution < 1.29 is 18.9 Å². The van der Waals surface area contributed by atoms with Gasteiger partial charge in [-0.15, -0.1) is 10.1 Å². The van der Waals surface area contributed by atoms with Crippen molar-refractivity contribution in [3.8, 4) is 16.9 Å². The number of para-hydroxylation sites is 1. The van der Waals surface area contributed by atoms with Gasteiger partial charge in [-0.3, -0.25) is 9.00 Å². The second-order valence-electron chi connectivity index (χ2n) is 6.22. The minimum atomic E-state index is -1.08. The molecule has 0 spiro atoms. The monoisotopic (exact) mass is 413 g/mol. The topological polar surface area (TPSA) is 104 Å². The Hall–Kier alpha value is -3.33. The number of hydrogen-bond donors (Lipinski definition) is 0. The van der Waals surface area contributed by atoms with Gasteiger partial charge in [0.1, 0.15) is 5.69 Å². The van der Waals surface area contributed by atoms with E-state index in [2.05, 4.69) is 9.94 Å². The van der Waals surface area contributed by atoms with E-state index in [1.54, 1.807) is 29.1 Å². The van der Waals surface area contributed by atoms with E-state index in [4.69, 9.17) is 0 Å². The zero-order valence-corrected chi connectivity index (χ0v) is 16.5. The van der Waals surface area contributed by atoms with Crippen molar-refractivity contribution in [3.63, 3.8) is 0 Å². The predicted molar refractivity (Wildman–Crippen MR) is 108 cm³/mol. The quantitative estimate of drug-likeness (QED) is 0.230. The minimum absolute atomic E-state index is 0.0901. The molecule has 1 aromatic heterocycles. The predicted octanol–water partition coefficient (Wildman–Crippen LogP) is 3.45. The fraction of sp³-hybridized carbons (Fsp3) is 0.200. The normalized spacial score (nSPS) is 11.8. The van der Waals surface area contributed by atoms with Crippen LogP contribution in [-0.4, -0.2) is 37.7 Å². The van der Waals surface area contributed by atoms with Crippen molar-refractivity contribution in [2.24, 2.45) is 0 Å². The van der Waals surface area contributed by atoms with E-state index < -0.39 is 15.9 Å².